The SMILES string of the molecule is CCN(CCNS(=O)(=O)c1ccccc1C)C1CC1. The molecule has 0 bridgehead atoms. The summed E-state index contributed by atoms with van der Waals surface area (Å²) in [5.74, 6) is 0. The predicted molar refractivity (Wildman–Crippen MR) is 76.6 cm³/mol. The van der Waals surface area contributed by atoms with E-state index in [0.29, 0.717) is 17.5 Å². The van der Waals surface area contributed by atoms with Crippen LogP contribution in [-0.4, -0.2) is 39.0 Å². The Bertz CT molecular complexity index is 524. The molecule has 0 unspecified atom stereocenters. The van der Waals surface area contributed by atoms with Crippen molar-refractivity contribution in [3.63, 3.8) is 0 Å². The Hall–Kier alpha value is -0.910. The second-order valence-electron chi connectivity index (χ2n) is 5.02. The van der Waals surface area contributed by atoms with Gasteiger partial charge in [0.15, 0.2) is 0 Å². The Morgan fingerprint density at radius 1 is 1.32 bits per heavy atom. The standard InChI is InChI=1S/C14H22N2O2S/c1-3-16(13-8-9-13)11-10-15-19(17,18)14-7-5-4-6-12(14)2/h4-7,13,15H,3,8-11H2,1-2H3. The molecule has 106 valence electrons. The van der Waals surface area contributed by atoms with Gasteiger partial charge >= 0.3 is 0 Å². The molecule has 1 aliphatic rings. The van der Waals surface area contributed by atoms with Crippen molar-refractivity contribution >= 4 is 10.0 Å². The van der Waals surface area contributed by atoms with E-state index >= 15 is 0 Å². The molecule has 1 aromatic rings. The van der Waals surface area contributed by atoms with Crippen LogP contribution in [0.1, 0.15) is 25.3 Å². The minimum atomic E-state index is -3.38. The zero-order valence-corrected chi connectivity index (χ0v) is 12.4. The van der Waals surface area contributed by atoms with Crippen molar-refractivity contribution in [1.29, 1.82) is 0 Å². The lowest BCUT2D eigenvalue weighted by molar-refractivity contribution is 0.282. The van der Waals surface area contributed by atoms with Gasteiger partial charge in [0.05, 0.1) is 4.90 Å². The van der Waals surface area contributed by atoms with Gasteiger partial charge in [0.1, 0.15) is 0 Å². The molecule has 1 aliphatic carbocycles. The largest absolute Gasteiger partial charge is 0.299 e. The van der Waals surface area contributed by atoms with Crippen LogP contribution in [0.4, 0.5) is 0 Å². The maximum absolute atomic E-state index is 12.2. The van der Waals surface area contributed by atoms with Crippen LogP contribution in [0, 0.1) is 6.92 Å². The summed E-state index contributed by atoms with van der Waals surface area (Å²) < 4.78 is 27.1. The van der Waals surface area contributed by atoms with Gasteiger partial charge in [-0.15, -0.1) is 0 Å². The van der Waals surface area contributed by atoms with Crippen LogP contribution in [0.15, 0.2) is 29.2 Å². The van der Waals surface area contributed by atoms with E-state index in [-0.39, 0.29) is 0 Å². The molecule has 1 aromatic carbocycles. The van der Waals surface area contributed by atoms with Crippen LogP contribution in [0.3, 0.4) is 0 Å². The van der Waals surface area contributed by atoms with E-state index in [9.17, 15) is 8.42 Å². The first kappa shape index (κ1) is 14.5. The molecule has 0 radical (unpaired) electrons. The van der Waals surface area contributed by atoms with Crippen LogP contribution in [0.2, 0.25) is 0 Å². The highest BCUT2D eigenvalue weighted by molar-refractivity contribution is 7.89. The van der Waals surface area contributed by atoms with Crippen LogP contribution < -0.4 is 4.72 Å². The van der Waals surface area contributed by atoms with Crippen LogP contribution in [0.5, 0.6) is 0 Å². The third-order valence-corrected chi connectivity index (χ3v) is 5.16. The highest BCUT2D eigenvalue weighted by Gasteiger charge is 2.27. The first-order valence-electron chi connectivity index (χ1n) is 6.84. The first-order valence-corrected chi connectivity index (χ1v) is 8.32. The molecule has 1 fully saturated rings. The molecule has 5 heteroatoms. The average Bonchev–Trinajstić information content (AvgIpc) is 3.19. The fourth-order valence-electron chi connectivity index (χ4n) is 2.30. The van der Waals surface area contributed by atoms with Crippen LogP contribution in [0.25, 0.3) is 0 Å². The van der Waals surface area contributed by atoms with Gasteiger partial charge in [-0.2, -0.15) is 0 Å². The van der Waals surface area contributed by atoms with Crippen molar-refractivity contribution in [3.8, 4) is 0 Å². The van der Waals surface area contributed by atoms with Gasteiger partial charge in [-0.1, -0.05) is 25.1 Å². The van der Waals surface area contributed by atoms with Gasteiger partial charge in [0.25, 0.3) is 0 Å². The Morgan fingerprint density at radius 2 is 2.00 bits per heavy atom. The van der Waals surface area contributed by atoms with E-state index < -0.39 is 10.0 Å². The monoisotopic (exact) mass is 282 g/mol. The number of hydrogen-bond donors (Lipinski definition) is 1. The van der Waals surface area contributed by atoms with Gasteiger partial charge in [0, 0.05) is 19.1 Å². The fourth-order valence-corrected chi connectivity index (χ4v) is 3.56. The lowest BCUT2D eigenvalue weighted by atomic mass is 10.2. The molecule has 1 N–H and O–H groups in total. The molecule has 0 spiro atoms. The molecule has 1 saturated carbocycles. The van der Waals surface area contributed by atoms with Crippen molar-refractivity contribution < 1.29 is 8.42 Å². The van der Waals surface area contributed by atoms with E-state index in [4.69, 9.17) is 0 Å². The molecule has 19 heavy (non-hydrogen) atoms. The van der Waals surface area contributed by atoms with Crippen molar-refractivity contribution in [3.05, 3.63) is 29.8 Å². The zero-order chi connectivity index (χ0) is 13.9. The minimum Gasteiger partial charge on any atom is -0.299 e. The highest BCUT2D eigenvalue weighted by Crippen LogP contribution is 2.25. The number of rotatable bonds is 7. The molecule has 0 atom stereocenters. The molecular weight excluding hydrogens is 260 g/mol. The Morgan fingerprint density at radius 3 is 2.58 bits per heavy atom. The highest BCUT2D eigenvalue weighted by atomic mass is 32.2. The number of benzene rings is 1. The van der Waals surface area contributed by atoms with Crippen LogP contribution >= 0.6 is 0 Å². The number of nitrogens with one attached hydrogen (secondary N) is 1. The normalized spacial score (nSPS) is 15.9. The molecule has 0 saturated heterocycles. The van der Waals surface area contributed by atoms with Gasteiger partial charge < -0.3 is 0 Å². The van der Waals surface area contributed by atoms with Crippen molar-refractivity contribution in [2.45, 2.75) is 37.6 Å². The summed E-state index contributed by atoms with van der Waals surface area (Å²) in [6.45, 7) is 6.18. The third kappa shape index (κ3) is 3.78. The van der Waals surface area contributed by atoms with Crippen molar-refractivity contribution in [2.24, 2.45) is 0 Å². The average molecular weight is 282 g/mol. The maximum Gasteiger partial charge on any atom is 0.240 e. The number of hydrogen-bond acceptors (Lipinski definition) is 3. The number of nitrogens with zero attached hydrogens (tertiary/aromatic N) is 1. The zero-order valence-electron chi connectivity index (χ0n) is 11.6. The van der Waals surface area contributed by atoms with Crippen molar-refractivity contribution in [1.82, 2.24) is 9.62 Å². The van der Waals surface area contributed by atoms with Crippen molar-refractivity contribution in [2.75, 3.05) is 19.6 Å². The summed E-state index contributed by atoms with van der Waals surface area (Å²) in [4.78, 5) is 2.71. The summed E-state index contributed by atoms with van der Waals surface area (Å²) in [6, 6.07) is 7.74. The van der Waals surface area contributed by atoms with Gasteiger partial charge in [-0.05, 0) is 37.9 Å². The smallest absolute Gasteiger partial charge is 0.240 e. The predicted octanol–water partition coefficient (Wildman–Crippen LogP) is 1.76. The summed E-state index contributed by atoms with van der Waals surface area (Å²) in [5.41, 5.74) is 0.782. The van der Waals surface area contributed by atoms with E-state index in [1.165, 1.54) is 12.8 Å². The molecule has 0 heterocycles. The Labute approximate surface area is 115 Å². The minimum absolute atomic E-state index is 0.379. The number of sulfonamides is 1. The second-order valence-corrected chi connectivity index (χ2v) is 6.76. The van der Waals surface area contributed by atoms with E-state index in [1.54, 1.807) is 12.1 Å². The Balaban J connectivity index is 1.92. The molecule has 0 aliphatic heterocycles. The molecule has 4 nitrogen and oxygen atoms in total. The summed E-state index contributed by atoms with van der Waals surface area (Å²) >= 11 is 0. The summed E-state index contributed by atoms with van der Waals surface area (Å²) in [7, 11) is -3.38. The van der Waals surface area contributed by atoms with Crippen LogP contribution in [-0.2, 0) is 10.0 Å². The lowest BCUT2D eigenvalue weighted by Gasteiger charge is -2.19. The number of likely N-dealkylation sites (N-methyl/N-ethyl adjacent to an activating group) is 1. The quantitative estimate of drug-likeness (QED) is 0.829. The molecule has 0 amide bonds. The molecular formula is C14H22N2O2S. The molecule has 2 rings (SSSR count). The van der Waals surface area contributed by atoms with Gasteiger partial charge in [-0.3, -0.25) is 4.90 Å². The summed E-state index contributed by atoms with van der Waals surface area (Å²) in [6.07, 6.45) is 2.50. The fraction of sp³-hybridized carbons (Fsp3) is 0.571. The Kier molecular flexibility index (Phi) is 4.60. The van der Waals surface area contributed by atoms with E-state index in [1.807, 2.05) is 19.1 Å². The van der Waals surface area contributed by atoms with Gasteiger partial charge in [0.2, 0.25) is 10.0 Å². The number of aryl methyl sites for hydroxylation is 1. The maximum atomic E-state index is 12.2. The van der Waals surface area contributed by atoms with Gasteiger partial charge in [-0.25, -0.2) is 13.1 Å². The molecule has 0 aromatic heterocycles. The van der Waals surface area contributed by atoms with E-state index in [2.05, 4.69) is 16.5 Å². The summed E-state index contributed by atoms with van der Waals surface area (Å²) in [5, 5.41) is 0. The van der Waals surface area contributed by atoms with E-state index in [0.717, 1.165) is 18.7 Å². The second kappa shape index (κ2) is 6.03. The third-order valence-electron chi connectivity index (χ3n) is 3.54. The topological polar surface area (TPSA) is 49.4 Å². The first-order chi connectivity index (χ1) is 9.04. The lowest BCUT2D eigenvalue weighted by Crippen LogP contribution is -2.36.